The minimum Gasteiger partial charge on any atom is -0.370 e. The maximum atomic E-state index is 15.2. The summed E-state index contributed by atoms with van der Waals surface area (Å²) in [7, 11) is -2.61. The van der Waals surface area contributed by atoms with Gasteiger partial charge in [-0.3, -0.25) is 9.69 Å². The first-order valence-corrected chi connectivity index (χ1v) is 12.9. The number of aryl methyl sites for hydroxylation is 1. The second kappa shape index (κ2) is 10.1. The van der Waals surface area contributed by atoms with Gasteiger partial charge in [-0.05, 0) is 48.1 Å². The predicted octanol–water partition coefficient (Wildman–Crippen LogP) is 3.58. The number of likely N-dealkylation sites (N-methyl/N-ethyl adjacent to an activating group) is 1. The van der Waals surface area contributed by atoms with Gasteiger partial charge >= 0.3 is 6.47 Å². The van der Waals surface area contributed by atoms with Crippen molar-refractivity contribution in [1.29, 1.82) is 0 Å². The largest absolute Gasteiger partial charge is 0.370 e. The van der Waals surface area contributed by atoms with Crippen LogP contribution in [0.5, 0.6) is 0 Å². The fourth-order valence-electron chi connectivity index (χ4n) is 4.21. The van der Waals surface area contributed by atoms with E-state index in [2.05, 4.69) is 26.2 Å². The predicted molar refractivity (Wildman–Crippen MR) is 129 cm³/mol. The van der Waals surface area contributed by atoms with Crippen molar-refractivity contribution < 1.29 is 22.4 Å². The number of likely N-dealkylation sites (tertiary alicyclic amines) is 1. The summed E-state index contributed by atoms with van der Waals surface area (Å²) in [4.78, 5) is 19.4. The van der Waals surface area contributed by atoms with Crippen molar-refractivity contribution in [2.75, 3.05) is 29.5 Å². The maximum Gasteiger partial charge on any atom is 0.322 e. The molecule has 1 saturated heterocycles. The Kier molecular flexibility index (Phi) is 7.15. The summed E-state index contributed by atoms with van der Waals surface area (Å²) in [6.45, 7) is 4.30. The number of carbonyl (C=O) groups excluding carboxylic acids is 1. The average Bonchev–Trinajstić information content (AvgIpc) is 3.51. The number of anilines is 2. The van der Waals surface area contributed by atoms with Gasteiger partial charge in [-0.15, -0.1) is 0 Å². The topological polar surface area (TPSA) is 83.0 Å². The van der Waals surface area contributed by atoms with Crippen molar-refractivity contribution >= 4 is 39.4 Å². The minimum atomic E-state index is -4.50. The third-order valence-corrected chi connectivity index (χ3v) is 8.12. The highest BCUT2D eigenvalue weighted by Crippen LogP contribution is 2.32. The molecule has 180 valence electrons. The lowest BCUT2D eigenvalue weighted by molar-refractivity contribution is -0.128. The van der Waals surface area contributed by atoms with E-state index in [-0.39, 0.29) is 18.2 Å². The van der Waals surface area contributed by atoms with E-state index in [0.29, 0.717) is 15.7 Å². The van der Waals surface area contributed by atoms with Crippen molar-refractivity contribution in [3.05, 3.63) is 71.0 Å². The quantitative estimate of drug-likeness (QED) is 0.325. The first kappa shape index (κ1) is 24.1. The van der Waals surface area contributed by atoms with Crippen LogP contribution in [-0.2, 0) is 26.2 Å². The van der Waals surface area contributed by atoms with Gasteiger partial charge in [0.1, 0.15) is 16.4 Å². The zero-order valence-electron chi connectivity index (χ0n) is 18.8. The maximum absolute atomic E-state index is 15.2. The number of hydrogen-bond donors (Lipinski definition) is 0. The molecule has 1 fully saturated rings. The average molecular weight is 505 g/mol. The van der Waals surface area contributed by atoms with E-state index in [1.165, 1.54) is 29.3 Å². The number of carbonyl (C=O) groups is 1. The smallest absolute Gasteiger partial charge is 0.322 e. The molecule has 2 heterocycles. The van der Waals surface area contributed by atoms with Crippen LogP contribution in [0.2, 0.25) is 0 Å². The second-order valence-corrected chi connectivity index (χ2v) is 10.5. The van der Waals surface area contributed by atoms with Gasteiger partial charge in [-0.1, -0.05) is 34.8 Å². The summed E-state index contributed by atoms with van der Waals surface area (Å²) < 4.78 is 45.6. The molecule has 1 aliphatic heterocycles. The summed E-state index contributed by atoms with van der Waals surface area (Å²) in [6.07, 6.45) is 2.14. The number of aromatic nitrogens is 1. The molecule has 0 unspecified atom stereocenters. The van der Waals surface area contributed by atoms with Gasteiger partial charge in [0, 0.05) is 43.8 Å². The third-order valence-electron chi connectivity index (χ3n) is 5.94. The molecule has 4 rings (SSSR count). The summed E-state index contributed by atoms with van der Waals surface area (Å²) in [5, 5.41) is 1.38. The van der Waals surface area contributed by atoms with E-state index < -0.39 is 20.7 Å². The molecule has 0 N–H and O–H groups in total. The van der Waals surface area contributed by atoms with E-state index in [0.717, 1.165) is 37.6 Å². The molecule has 1 atom stereocenters. The van der Waals surface area contributed by atoms with Gasteiger partial charge in [0.25, 0.3) is 10.0 Å². The highest BCUT2D eigenvalue weighted by Gasteiger charge is 2.33. The van der Waals surface area contributed by atoms with Crippen LogP contribution in [0.25, 0.3) is 0 Å². The molecule has 1 aromatic heterocycles. The van der Waals surface area contributed by atoms with Crippen molar-refractivity contribution in [3.8, 4) is 0 Å². The fourth-order valence-corrected chi connectivity index (χ4v) is 6.10. The third kappa shape index (κ3) is 4.91. The molecule has 1 aliphatic rings. The van der Waals surface area contributed by atoms with Crippen LogP contribution in [0.1, 0.15) is 17.5 Å². The summed E-state index contributed by atoms with van der Waals surface area (Å²) >= 11 is 0.977. The lowest BCUT2D eigenvalue weighted by Crippen LogP contribution is -2.35. The molecule has 0 aliphatic carbocycles. The molecule has 2 aromatic carbocycles. The molecule has 0 bridgehead atoms. The van der Waals surface area contributed by atoms with E-state index in [1.807, 2.05) is 30.1 Å². The molecule has 3 aromatic rings. The highest BCUT2D eigenvalue weighted by atomic mass is 32.2. The number of sulfonamides is 1. The van der Waals surface area contributed by atoms with E-state index >= 15 is 4.39 Å². The van der Waals surface area contributed by atoms with E-state index in [9.17, 15) is 13.2 Å². The van der Waals surface area contributed by atoms with Crippen LogP contribution >= 0.6 is 11.5 Å². The van der Waals surface area contributed by atoms with Gasteiger partial charge in [0.2, 0.25) is 0 Å². The molecule has 34 heavy (non-hydrogen) atoms. The Labute approximate surface area is 202 Å². The Morgan fingerprint density at radius 1 is 1.29 bits per heavy atom. The molecule has 0 amide bonds. The van der Waals surface area contributed by atoms with Gasteiger partial charge < -0.3 is 9.74 Å². The summed E-state index contributed by atoms with van der Waals surface area (Å²) in [6, 6.07) is 12.9. The van der Waals surface area contributed by atoms with Crippen molar-refractivity contribution in [2.24, 2.45) is 0 Å². The molecular weight excluding hydrogens is 479 g/mol. The Morgan fingerprint density at radius 3 is 2.74 bits per heavy atom. The standard InChI is InChI=1S/C23H25FN4O4S2/c1-17-10-23(34(30,31)28(32-16-29)20-12-25-33-15-20)21(24)11-22(17)26(2)19-8-9-27(14-19)13-18-6-4-3-5-7-18/h3-7,10-12,15-16,19H,8-9,13-14H2,1-2H3/t19-/m0/s1. The molecular formula is C23H25FN4O4S2. The van der Waals surface area contributed by atoms with E-state index in [1.54, 1.807) is 6.92 Å². The van der Waals surface area contributed by atoms with Crippen molar-refractivity contribution in [3.63, 3.8) is 0 Å². The summed E-state index contributed by atoms with van der Waals surface area (Å²) in [5.74, 6) is -0.922. The van der Waals surface area contributed by atoms with Gasteiger partial charge in [0.15, 0.2) is 0 Å². The SMILES string of the molecule is Cc1cc(S(=O)(=O)N(OC=O)c2cnsc2)c(F)cc1N(C)[C@H]1CCN(Cc2ccccc2)C1. The molecule has 8 nitrogen and oxygen atoms in total. The van der Waals surface area contributed by atoms with Crippen molar-refractivity contribution in [2.45, 2.75) is 30.8 Å². The zero-order valence-corrected chi connectivity index (χ0v) is 20.4. The molecule has 0 radical (unpaired) electrons. The van der Waals surface area contributed by atoms with Crippen LogP contribution in [0.3, 0.4) is 0 Å². The number of hydrogen-bond acceptors (Lipinski definition) is 8. The number of benzene rings is 2. The Balaban J connectivity index is 1.55. The van der Waals surface area contributed by atoms with Crippen molar-refractivity contribution in [1.82, 2.24) is 9.27 Å². The normalized spacial score (nSPS) is 16.4. The van der Waals surface area contributed by atoms with Crippen LogP contribution in [0, 0.1) is 12.7 Å². The molecule has 0 spiro atoms. The first-order valence-electron chi connectivity index (χ1n) is 10.7. The van der Waals surface area contributed by atoms with Crippen LogP contribution in [0.15, 0.2) is 58.9 Å². The van der Waals surface area contributed by atoms with E-state index in [4.69, 9.17) is 0 Å². The molecule has 0 saturated carbocycles. The number of halogens is 1. The van der Waals surface area contributed by atoms with Gasteiger partial charge in [-0.25, -0.2) is 4.39 Å². The number of rotatable bonds is 9. The lowest BCUT2D eigenvalue weighted by Gasteiger charge is -2.29. The fraction of sp³-hybridized carbons (Fsp3) is 0.304. The van der Waals surface area contributed by atoms with Gasteiger partial charge in [0.05, 0.1) is 6.20 Å². The monoisotopic (exact) mass is 504 g/mol. The second-order valence-electron chi connectivity index (χ2n) is 8.16. The Hall–Kier alpha value is -3.02. The lowest BCUT2D eigenvalue weighted by atomic mass is 10.1. The highest BCUT2D eigenvalue weighted by molar-refractivity contribution is 7.92. The Morgan fingerprint density at radius 2 is 2.06 bits per heavy atom. The number of nitrogens with zero attached hydrogens (tertiary/aromatic N) is 4. The van der Waals surface area contributed by atoms with Crippen LogP contribution < -0.4 is 9.37 Å². The Bertz CT molecular complexity index is 1240. The van der Waals surface area contributed by atoms with Crippen LogP contribution in [0.4, 0.5) is 15.8 Å². The van der Waals surface area contributed by atoms with Crippen LogP contribution in [-0.4, -0.2) is 50.3 Å². The summed E-state index contributed by atoms with van der Waals surface area (Å²) in [5.41, 5.74) is 2.46. The minimum absolute atomic E-state index is 0.0137. The molecule has 11 heteroatoms. The zero-order chi connectivity index (χ0) is 24.3. The van der Waals surface area contributed by atoms with Gasteiger partial charge in [-0.2, -0.15) is 12.8 Å². The first-order chi connectivity index (χ1) is 16.3.